The summed E-state index contributed by atoms with van der Waals surface area (Å²) in [6.07, 6.45) is 0.255. The van der Waals surface area contributed by atoms with Crippen molar-refractivity contribution in [3.05, 3.63) is 106 Å². The molecule has 3 aliphatic rings. The van der Waals surface area contributed by atoms with E-state index in [2.05, 4.69) is 17.4 Å². The van der Waals surface area contributed by atoms with Crippen molar-refractivity contribution < 1.29 is 34.8 Å². The molecule has 0 aromatic heterocycles. The molecule has 0 bridgehead atoms. The topological polar surface area (TPSA) is 173 Å². The number of hydrogen-bond donors (Lipinski definition) is 6. The van der Waals surface area contributed by atoms with Gasteiger partial charge in [0.25, 0.3) is 5.91 Å². The van der Waals surface area contributed by atoms with Crippen molar-refractivity contribution in [3.8, 4) is 16.9 Å². The molecular formula is C35H35N3O7. The van der Waals surface area contributed by atoms with Crippen LogP contribution < -0.4 is 11.1 Å². The minimum absolute atomic E-state index is 0.0346. The van der Waals surface area contributed by atoms with E-state index in [9.17, 15) is 34.8 Å². The average molecular weight is 610 g/mol. The maximum Gasteiger partial charge on any atom is 0.255 e. The highest BCUT2D eigenvalue weighted by atomic mass is 16.3. The van der Waals surface area contributed by atoms with E-state index in [1.165, 1.54) is 16.5 Å². The molecule has 4 unspecified atom stereocenters. The van der Waals surface area contributed by atoms with Gasteiger partial charge < -0.3 is 31.5 Å². The van der Waals surface area contributed by atoms with Gasteiger partial charge in [-0.25, -0.2) is 0 Å². The fraction of sp³-hybridized carbons (Fsp3) is 0.286. The Kier molecular flexibility index (Phi) is 7.60. The molecule has 1 fully saturated rings. The van der Waals surface area contributed by atoms with E-state index in [0.717, 1.165) is 23.2 Å². The van der Waals surface area contributed by atoms with Crippen LogP contribution in [0.3, 0.4) is 0 Å². The maximum absolute atomic E-state index is 14.0. The highest BCUT2D eigenvalue weighted by Gasteiger charge is 2.64. The SMILES string of the molecule is CN(C)C1C(=O)C(C(N)=O)=C(O)C2(O)C(=O)C3=C(O)c4c(O)ccc(-c5ccc(CNCc6ccccc6)cc5)c4CC3CC12. The molecule has 4 atom stereocenters. The number of phenolic OH excluding ortho intramolecular Hbond substituents is 1. The van der Waals surface area contributed by atoms with Gasteiger partial charge in [-0.2, -0.15) is 0 Å². The minimum Gasteiger partial charge on any atom is -0.508 e. The molecule has 1 saturated carbocycles. The first-order valence-electron chi connectivity index (χ1n) is 14.8. The summed E-state index contributed by atoms with van der Waals surface area (Å²) in [5, 5.41) is 48.6. The molecule has 6 rings (SSSR count). The Morgan fingerprint density at radius 2 is 1.60 bits per heavy atom. The van der Waals surface area contributed by atoms with Crippen LogP contribution in [-0.2, 0) is 33.9 Å². The zero-order chi connectivity index (χ0) is 32.2. The number of nitrogens with one attached hydrogen (secondary N) is 1. The number of phenols is 1. The fourth-order valence-electron chi connectivity index (χ4n) is 7.26. The summed E-state index contributed by atoms with van der Waals surface area (Å²) in [6, 6.07) is 20.1. The molecule has 3 aliphatic carbocycles. The lowest BCUT2D eigenvalue weighted by atomic mass is 9.57. The summed E-state index contributed by atoms with van der Waals surface area (Å²) >= 11 is 0. The second-order valence-electron chi connectivity index (χ2n) is 12.2. The third-order valence-corrected chi connectivity index (χ3v) is 9.37. The van der Waals surface area contributed by atoms with E-state index >= 15 is 0 Å². The number of amides is 1. The fourth-order valence-corrected chi connectivity index (χ4v) is 7.26. The van der Waals surface area contributed by atoms with Gasteiger partial charge in [0, 0.05) is 24.6 Å². The van der Waals surface area contributed by atoms with E-state index in [-0.39, 0.29) is 29.7 Å². The second kappa shape index (κ2) is 11.3. The second-order valence-corrected chi connectivity index (χ2v) is 12.2. The largest absolute Gasteiger partial charge is 0.508 e. The third-order valence-electron chi connectivity index (χ3n) is 9.37. The Morgan fingerprint density at radius 3 is 2.22 bits per heavy atom. The number of aromatic hydroxyl groups is 1. The van der Waals surface area contributed by atoms with Gasteiger partial charge >= 0.3 is 0 Å². The molecule has 0 radical (unpaired) electrons. The number of likely N-dealkylation sites (N-methyl/N-ethyl adjacent to an activating group) is 1. The first-order chi connectivity index (χ1) is 21.4. The van der Waals surface area contributed by atoms with Crippen LogP contribution in [0.25, 0.3) is 16.9 Å². The van der Waals surface area contributed by atoms with Crippen LogP contribution in [-0.4, -0.2) is 68.5 Å². The van der Waals surface area contributed by atoms with Gasteiger partial charge in [-0.15, -0.1) is 0 Å². The van der Waals surface area contributed by atoms with Crippen LogP contribution in [0.15, 0.2) is 83.6 Å². The molecule has 10 heteroatoms. The molecule has 3 aromatic rings. The summed E-state index contributed by atoms with van der Waals surface area (Å²) < 4.78 is 0. The van der Waals surface area contributed by atoms with E-state index < -0.39 is 58.0 Å². The van der Waals surface area contributed by atoms with Gasteiger partial charge in [-0.3, -0.25) is 19.3 Å². The van der Waals surface area contributed by atoms with Crippen LogP contribution in [0, 0.1) is 11.8 Å². The van der Waals surface area contributed by atoms with Crippen molar-refractivity contribution >= 4 is 23.2 Å². The van der Waals surface area contributed by atoms with Gasteiger partial charge in [-0.05, 0) is 66.7 Å². The quantitative estimate of drug-likeness (QED) is 0.220. The lowest BCUT2D eigenvalue weighted by molar-refractivity contribution is -0.153. The standard InChI is InChI=1S/C35H35N3O7/c1-38(2)29-24-15-21-14-23-22(20-10-8-19(9-11-20)17-37-16-18-6-4-3-5-7-18)12-13-25(39)27(23)30(40)26(21)32(42)35(24,45)33(43)28(31(29)41)34(36)44/h3-13,21,24,29,37,39-40,43,45H,14-17H2,1-2H3,(H2,36,44). The summed E-state index contributed by atoms with van der Waals surface area (Å²) in [5.74, 6) is -6.70. The minimum atomic E-state index is -2.66. The van der Waals surface area contributed by atoms with Gasteiger partial charge in [0.1, 0.15) is 22.8 Å². The number of primary amides is 1. The number of ketones is 2. The summed E-state index contributed by atoms with van der Waals surface area (Å²) in [6.45, 7) is 1.39. The van der Waals surface area contributed by atoms with Crippen molar-refractivity contribution in [2.45, 2.75) is 37.6 Å². The van der Waals surface area contributed by atoms with E-state index in [4.69, 9.17) is 5.73 Å². The number of carbonyl (C=O) groups excluding carboxylic acids is 3. The number of nitrogens with two attached hydrogens (primary N) is 1. The molecule has 0 saturated heterocycles. The number of hydrogen-bond acceptors (Lipinski definition) is 9. The van der Waals surface area contributed by atoms with Crippen molar-refractivity contribution in [2.75, 3.05) is 14.1 Å². The van der Waals surface area contributed by atoms with Crippen LogP contribution in [0.1, 0.15) is 28.7 Å². The lowest BCUT2D eigenvalue weighted by Crippen LogP contribution is -2.65. The molecule has 0 spiro atoms. The highest BCUT2D eigenvalue weighted by Crippen LogP contribution is 2.53. The molecule has 7 N–H and O–H groups in total. The number of fused-ring (bicyclic) bond motifs is 3. The predicted octanol–water partition coefficient (Wildman–Crippen LogP) is 2.92. The van der Waals surface area contributed by atoms with E-state index in [0.29, 0.717) is 12.1 Å². The van der Waals surface area contributed by atoms with Gasteiger partial charge in [0.15, 0.2) is 11.4 Å². The Morgan fingerprint density at radius 1 is 0.956 bits per heavy atom. The summed E-state index contributed by atoms with van der Waals surface area (Å²) in [7, 11) is 3.15. The van der Waals surface area contributed by atoms with Gasteiger partial charge in [0.2, 0.25) is 5.78 Å². The Labute approximate surface area is 260 Å². The van der Waals surface area contributed by atoms with Crippen molar-refractivity contribution in [1.82, 2.24) is 10.2 Å². The lowest BCUT2D eigenvalue weighted by Gasteiger charge is -2.50. The number of aliphatic hydroxyl groups is 3. The number of nitrogens with zero attached hydrogens (tertiary/aromatic N) is 1. The molecule has 0 heterocycles. The molecule has 0 aliphatic heterocycles. The number of Topliss-reactive ketones (excluding diaryl/α,β-unsaturated/α-hetero) is 2. The molecule has 232 valence electrons. The average Bonchev–Trinajstić information content (AvgIpc) is 3.00. The third kappa shape index (κ3) is 4.82. The number of aliphatic hydroxyl groups excluding tert-OH is 2. The summed E-state index contributed by atoms with van der Waals surface area (Å²) in [5.41, 5.74) is 6.27. The number of carbonyl (C=O) groups is 3. The van der Waals surface area contributed by atoms with Crippen LogP contribution in [0.5, 0.6) is 5.75 Å². The van der Waals surface area contributed by atoms with Crippen molar-refractivity contribution in [1.29, 1.82) is 0 Å². The Balaban J connectivity index is 1.37. The zero-order valence-electron chi connectivity index (χ0n) is 24.9. The van der Waals surface area contributed by atoms with E-state index in [1.54, 1.807) is 20.2 Å². The first-order valence-corrected chi connectivity index (χ1v) is 14.8. The predicted molar refractivity (Wildman–Crippen MR) is 167 cm³/mol. The van der Waals surface area contributed by atoms with Gasteiger partial charge in [0.05, 0.1) is 11.6 Å². The monoisotopic (exact) mass is 609 g/mol. The van der Waals surface area contributed by atoms with Crippen LogP contribution in [0.2, 0.25) is 0 Å². The summed E-state index contributed by atoms with van der Waals surface area (Å²) in [4.78, 5) is 41.0. The molecule has 10 nitrogen and oxygen atoms in total. The Bertz CT molecular complexity index is 1780. The van der Waals surface area contributed by atoms with Crippen LogP contribution in [0.4, 0.5) is 0 Å². The smallest absolute Gasteiger partial charge is 0.255 e. The number of benzene rings is 3. The molecule has 3 aromatic carbocycles. The Hall–Kier alpha value is -4.77. The van der Waals surface area contributed by atoms with Crippen molar-refractivity contribution in [3.63, 3.8) is 0 Å². The van der Waals surface area contributed by atoms with Crippen molar-refractivity contribution in [2.24, 2.45) is 17.6 Å². The first kappa shape index (κ1) is 30.3. The van der Waals surface area contributed by atoms with Gasteiger partial charge in [-0.1, -0.05) is 60.7 Å². The zero-order valence-corrected chi connectivity index (χ0v) is 24.9. The number of rotatable bonds is 7. The normalized spacial score (nSPS) is 24.4. The highest BCUT2D eigenvalue weighted by molar-refractivity contribution is 6.24. The van der Waals surface area contributed by atoms with Crippen LogP contribution >= 0.6 is 0 Å². The molecule has 1 amide bonds. The maximum atomic E-state index is 14.0. The molecular weight excluding hydrogens is 574 g/mol. The molecule has 45 heavy (non-hydrogen) atoms. The van der Waals surface area contributed by atoms with E-state index in [1.807, 2.05) is 42.5 Å².